The van der Waals surface area contributed by atoms with Gasteiger partial charge in [0.2, 0.25) is 0 Å². The van der Waals surface area contributed by atoms with Gasteiger partial charge in [0, 0.05) is 12.4 Å². The van der Waals surface area contributed by atoms with Gasteiger partial charge < -0.3 is 9.30 Å². The molecule has 0 aliphatic heterocycles. The lowest BCUT2D eigenvalue weighted by Crippen LogP contribution is -2.04. The maximum Gasteiger partial charge on any atom is 0.338 e. The number of ether oxygens (including phenoxy) is 1. The minimum Gasteiger partial charge on any atom is -0.462 e. The van der Waals surface area contributed by atoms with Gasteiger partial charge in [-0.15, -0.1) is 0 Å². The second-order valence-corrected chi connectivity index (χ2v) is 5.40. The first-order valence-electron chi connectivity index (χ1n) is 7.51. The van der Waals surface area contributed by atoms with Crippen molar-refractivity contribution in [2.24, 2.45) is 7.05 Å². The Morgan fingerprint density at radius 3 is 2.78 bits per heavy atom. The number of hydrogen-bond donors (Lipinski definition) is 0. The summed E-state index contributed by atoms with van der Waals surface area (Å²) < 4.78 is 7.09. The van der Waals surface area contributed by atoms with Crippen LogP contribution < -0.4 is 0 Å². The predicted octanol–water partition coefficient (Wildman–Crippen LogP) is 3.45. The van der Waals surface area contributed by atoms with E-state index in [9.17, 15) is 4.79 Å². The van der Waals surface area contributed by atoms with E-state index in [2.05, 4.69) is 0 Å². The summed E-state index contributed by atoms with van der Waals surface area (Å²) in [5.74, 6) is -0.339. The van der Waals surface area contributed by atoms with Gasteiger partial charge in [-0.1, -0.05) is 18.2 Å². The van der Waals surface area contributed by atoms with Crippen molar-refractivity contribution in [3.05, 3.63) is 48.0 Å². The molecule has 0 unspecified atom stereocenters. The Hall–Kier alpha value is -2.95. The maximum atomic E-state index is 11.9. The fourth-order valence-corrected chi connectivity index (χ4v) is 2.88. The number of benzene rings is 2. The molecule has 0 bridgehead atoms. The molecule has 0 aliphatic rings. The number of rotatable bonds is 2. The van der Waals surface area contributed by atoms with Crippen LogP contribution in [0.2, 0.25) is 0 Å². The van der Waals surface area contributed by atoms with Gasteiger partial charge in [-0.25, -0.2) is 14.8 Å². The van der Waals surface area contributed by atoms with Crippen LogP contribution in [0.15, 0.2) is 42.5 Å². The van der Waals surface area contributed by atoms with Crippen molar-refractivity contribution in [1.82, 2.24) is 14.5 Å². The molecule has 23 heavy (non-hydrogen) atoms. The van der Waals surface area contributed by atoms with Gasteiger partial charge in [0.05, 0.1) is 28.7 Å². The Morgan fingerprint density at radius 1 is 1.13 bits per heavy atom. The van der Waals surface area contributed by atoms with E-state index < -0.39 is 0 Å². The van der Waals surface area contributed by atoms with Crippen LogP contribution >= 0.6 is 0 Å². The highest BCUT2D eigenvalue weighted by molar-refractivity contribution is 6.06. The van der Waals surface area contributed by atoms with E-state index in [4.69, 9.17) is 14.7 Å². The SMILES string of the molecule is CCOC(=O)c1ccc2nc3c(nc2c1)c1ccccc1n3C. The monoisotopic (exact) mass is 305 g/mol. The highest BCUT2D eigenvalue weighted by Crippen LogP contribution is 2.27. The number of esters is 1. The number of hydrogen-bond acceptors (Lipinski definition) is 4. The minimum absolute atomic E-state index is 0.339. The van der Waals surface area contributed by atoms with Gasteiger partial charge in [0.15, 0.2) is 5.65 Å². The number of fused-ring (bicyclic) bond motifs is 4. The third kappa shape index (κ3) is 2.04. The summed E-state index contributed by atoms with van der Waals surface area (Å²) in [6.45, 7) is 2.14. The molecule has 4 aromatic rings. The number of para-hydroxylation sites is 1. The summed E-state index contributed by atoms with van der Waals surface area (Å²) in [6.07, 6.45) is 0. The molecule has 5 heteroatoms. The van der Waals surface area contributed by atoms with Crippen molar-refractivity contribution < 1.29 is 9.53 Å². The van der Waals surface area contributed by atoms with Crippen LogP contribution in [0.25, 0.3) is 33.1 Å². The van der Waals surface area contributed by atoms with E-state index in [1.54, 1.807) is 19.1 Å². The smallest absolute Gasteiger partial charge is 0.338 e. The van der Waals surface area contributed by atoms with Gasteiger partial charge in [-0.05, 0) is 31.2 Å². The van der Waals surface area contributed by atoms with E-state index in [-0.39, 0.29) is 5.97 Å². The Bertz CT molecular complexity index is 1070. The first-order chi connectivity index (χ1) is 11.2. The molecule has 2 heterocycles. The van der Waals surface area contributed by atoms with E-state index in [1.165, 1.54) is 0 Å². The van der Waals surface area contributed by atoms with Gasteiger partial charge in [-0.3, -0.25) is 0 Å². The number of aryl methyl sites for hydroxylation is 1. The lowest BCUT2D eigenvalue weighted by atomic mass is 10.2. The van der Waals surface area contributed by atoms with Crippen molar-refractivity contribution in [2.75, 3.05) is 6.61 Å². The van der Waals surface area contributed by atoms with Gasteiger partial charge >= 0.3 is 5.97 Å². The van der Waals surface area contributed by atoms with Crippen LogP contribution in [0, 0.1) is 0 Å². The summed E-state index contributed by atoms with van der Waals surface area (Å²) in [5, 5.41) is 1.06. The molecule has 114 valence electrons. The lowest BCUT2D eigenvalue weighted by Gasteiger charge is -2.03. The van der Waals surface area contributed by atoms with Crippen molar-refractivity contribution in [2.45, 2.75) is 6.92 Å². The molecular formula is C18H15N3O2. The zero-order valence-electron chi connectivity index (χ0n) is 12.9. The Labute approximate surface area is 132 Å². The van der Waals surface area contributed by atoms with Crippen LogP contribution in [-0.4, -0.2) is 27.1 Å². The molecule has 0 radical (unpaired) electrons. The van der Waals surface area contributed by atoms with Crippen LogP contribution in [0.5, 0.6) is 0 Å². The predicted molar refractivity (Wildman–Crippen MR) is 89.5 cm³/mol. The summed E-state index contributed by atoms with van der Waals surface area (Å²) in [5.41, 5.74) is 4.71. The quantitative estimate of drug-likeness (QED) is 0.532. The van der Waals surface area contributed by atoms with Gasteiger partial charge in [0.1, 0.15) is 5.52 Å². The molecule has 0 spiro atoms. The number of carbonyl (C=O) groups is 1. The fraction of sp³-hybridized carbons (Fsp3) is 0.167. The second-order valence-electron chi connectivity index (χ2n) is 5.40. The topological polar surface area (TPSA) is 57.0 Å². The molecule has 0 aliphatic carbocycles. The van der Waals surface area contributed by atoms with Gasteiger partial charge in [-0.2, -0.15) is 0 Å². The number of aromatic nitrogens is 3. The molecule has 0 N–H and O–H groups in total. The van der Waals surface area contributed by atoms with Crippen molar-refractivity contribution in [3.63, 3.8) is 0 Å². The zero-order chi connectivity index (χ0) is 16.0. The van der Waals surface area contributed by atoms with Crippen LogP contribution in [-0.2, 0) is 11.8 Å². The fourth-order valence-electron chi connectivity index (χ4n) is 2.88. The maximum absolute atomic E-state index is 11.9. The van der Waals surface area contributed by atoms with E-state index in [0.29, 0.717) is 17.7 Å². The summed E-state index contributed by atoms with van der Waals surface area (Å²) in [7, 11) is 1.98. The normalized spacial score (nSPS) is 11.4. The molecule has 0 saturated carbocycles. The number of nitrogens with zero attached hydrogens (tertiary/aromatic N) is 3. The Kier molecular flexibility index (Phi) is 3.01. The van der Waals surface area contributed by atoms with Crippen molar-refractivity contribution in [3.8, 4) is 0 Å². The molecule has 0 fully saturated rings. The van der Waals surface area contributed by atoms with Crippen LogP contribution in [0.3, 0.4) is 0 Å². The van der Waals surface area contributed by atoms with Crippen molar-refractivity contribution >= 4 is 39.1 Å². The van der Waals surface area contributed by atoms with E-state index >= 15 is 0 Å². The van der Waals surface area contributed by atoms with Crippen molar-refractivity contribution in [1.29, 1.82) is 0 Å². The average molecular weight is 305 g/mol. The molecular weight excluding hydrogens is 290 g/mol. The standard InChI is InChI=1S/C18H15N3O2/c1-3-23-18(22)11-8-9-13-14(10-11)19-16-12-6-4-5-7-15(12)21(2)17(16)20-13/h4-10H,3H2,1-2H3. The summed E-state index contributed by atoms with van der Waals surface area (Å²) >= 11 is 0. The Balaban J connectivity index is 2.01. The largest absolute Gasteiger partial charge is 0.462 e. The highest BCUT2D eigenvalue weighted by atomic mass is 16.5. The zero-order valence-corrected chi connectivity index (χ0v) is 12.9. The average Bonchev–Trinajstić information content (AvgIpc) is 2.85. The highest BCUT2D eigenvalue weighted by Gasteiger charge is 2.13. The first kappa shape index (κ1) is 13.7. The molecule has 2 aromatic carbocycles. The van der Waals surface area contributed by atoms with E-state index in [1.807, 2.05) is 41.9 Å². The van der Waals surface area contributed by atoms with Crippen LogP contribution in [0.1, 0.15) is 17.3 Å². The molecule has 4 rings (SSSR count). The minimum atomic E-state index is -0.339. The lowest BCUT2D eigenvalue weighted by molar-refractivity contribution is 0.0526. The second kappa shape index (κ2) is 5.05. The van der Waals surface area contributed by atoms with Gasteiger partial charge in [0.25, 0.3) is 0 Å². The Morgan fingerprint density at radius 2 is 1.96 bits per heavy atom. The molecule has 2 aromatic heterocycles. The molecule has 5 nitrogen and oxygen atoms in total. The third-order valence-corrected chi connectivity index (χ3v) is 4.00. The van der Waals surface area contributed by atoms with E-state index in [0.717, 1.165) is 27.6 Å². The molecule has 0 amide bonds. The summed E-state index contributed by atoms with van der Waals surface area (Å²) in [4.78, 5) is 21.3. The van der Waals surface area contributed by atoms with Crippen LogP contribution in [0.4, 0.5) is 0 Å². The molecule has 0 saturated heterocycles. The molecule has 0 atom stereocenters. The summed E-state index contributed by atoms with van der Waals surface area (Å²) in [6, 6.07) is 13.3. The third-order valence-electron chi connectivity index (χ3n) is 4.00. The number of carbonyl (C=O) groups excluding carboxylic acids is 1. The first-order valence-corrected chi connectivity index (χ1v) is 7.51.